The van der Waals surface area contributed by atoms with Crippen molar-refractivity contribution in [3.63, 3.8) is 0 Å². The molecule has 2 N–H and O–H groups in total. The molecular weight excluding hydrogens is 236 g/mol. The Morgan fingerprint density at radius 2 is 1.94 bits per heavy atom. The average Bonchev–Trinajstić information content (AvgIpc) is 2.74. The Bertz CT molecular complexity index is 298. The maximum atomic E-state index is 12.3. The lowest BCUT2D eigenvalue weighted by Crippen LogP contribution is -2.34. The van der Waals surface area contributed by atoms with Gasteiger partial charge < -0.3 is 10.6 Å². The molecule has 0 bridgehead atoms. The predicted octanol–water partition coefficient (Wildman–Crippen LogP) is 1.65. The van der Waals surface area contributed by atoms with Gasteiger partial charge in [-0.2, -0.15) is 0 Å². The van der Waals surface area contributed by atoms with Crippen molar-refractivity contribution < 1.29 is 4.79 Å². The van der Waals surface area contributed by atoms with Crippen LogP contribution in [0.3, 0.4) is 0 Å². The topological polar surface area (TPSA) is 46.3 Å². The van der Waals surface area contributed by atoms with Gasteiger partial charge in [-0.25, -0.2) is 0 Å². The molecule has 2 saturated carbocycles. The van der Waals surface area contributed by atoms with Gasteiger partial charge in [0.1, 0.15) is 0 Å². The number of rotatable bonds is 2. The highest BCUT2D eigenvalue weighted by Gasteiger charge is 2.57. The van der Waals surface area contributed by atoms with Gasteiger partial charge in [0.2, 0.25) is 5.91 Å². The van der Waals surface area contributed by atoms with Gasteiger partial charge >= 0.3 is 0 Å². The number of likely N-dealkylation sites (tertiary alicyclic amines) is 1. The summed E-state index contributed by atoms with van der Waals surface area (Å²) in [4.78, 5) is 14.4. The Balaban J connectivity index is 0.00000108. The van der Waals surface area contributed by atoms with Crippen molar-refractivity contribution >= 4 is 18.3 Å². The molecule has 3 nitrogen and oxygen atoms in total. The molecule has 0 aromatic rings. The van der Waals surface area contributed by atoms with Crippen LogP contribution in [0.5, 0.6) is 0 Å². The van der Waals surface area contributed by atoms with Crippen LogP contribution in [0.25, 0.3) is 0 Å². The fourth-order valence-corrected chi connectivity index (χ4v) is 3.82. The highest BCUT2D eigenvalue weighted by Crippen LogP contribution is 2.58. The molecule has 2 aliphatic carbocycles. The van der Waals surface area contributed by atoms with Gasteiger partial charge in [0.25, 0.3) is 0 Å². The van der Waals surface area contributed by atoms with Crippen molar-refractivity contribution in [3.8, 4) is 0 Å². The first-order chi connectivity index (χ1) is 7.68. The first-order valence-electron chi connectivity index (χ1n) is 6.73. The third kappa shape index (κ3) is 2.19. The third-order valence-electron chi connectivity index (χ3n) is 4.97. The molecule has 3 fully saturated rings. The fraction of sp³-hybridized carbons (Fsp3) is 0.923. The van der Waals surface area contributed by atoms with Gasteiger partial charge in [-0.1, -0.05) is 6.42 Å². The molecule has 1 saturated heterocycles. The summed E-state index contributed by atoms with van der Waals surface area (Å²) < 4.78 is 0. The molecule has 1 amide bonds. The van der Waals surface area contributed by atoms with Crippen LogP contribution < -0.4 is 5.73 Å². The summed E-state index contributed by atoms with van der Waals surface area (Å²) in [6.45, 7) is 3.91. The molecule has 17 heavy (non-hydrogen) atoms. The molecule has 1 aliphatic heterocycles. The fourth-order valence-electron chi connectivity index (χ4n) is 3.82. The van der Waals surface area contributed by atoms with Crippen molar-refractivity contribution in [2.45, 2.75) is 38.6 Å². The summed E-state index contributed by atoms with van der Waals surface area (Å²) in [6, 6.07) is 0.233. The maximum absolute atomic E-state index is 12.3. The largest absolute Gasteiger partial charge is 0.342 e. The van der Waals surface area contributed by atoms with Gasteiger partial charge in [0, 0.05) is 25.0 Å². The first-order valence-corrected chi connectivity index (χ1v) is 6.73. The number of fused-ring (bicyclic) bond motifs is 1. The zero-order valence-corrected chi connectivity index (χ0v) is 11.3. The van der Waals surface area contributed by atoms with Gasteiger partial charge in [0.05, 0.1) is 0 Å². The van der Waals surface area contributed by atoms with E-state index in [9.17, 15) is 4.79 Å². The average molecular weight is 259 g/mol. The van der Waals surface area contributed by atoms with Crippen molar-refractivity contribution in [1.29, 1.82) is 0 Å². The third-order valence-corrected chi connectivity index (χ3v) is 4.97. The molecule has 98 valence electrons. The number of hydrogen-bond acceptors (Lipinski definition) is 2. The second kappa shape index (κ2) is 4.77. The van der Waals surface area contributed by atoms with E-state index in [-0.39, 0.29) is 18.4 Å². The number of amides is 1. The highest BCUT2D eigenvalue weighted by molar-refractivity contribution is 5.85. The molecule has 1 heterocycles. The molecule has 0 spiro atoms. The second-order valence-corrected chi connectivity index (χ2v) is 5.98. The van der Waals surface area contributed by atoms with Crippen molar-refractivity contribution in [1.82, 2.24) is 4.90 Å². The van der Waals surface area contributed by atoms with Crippen LogP contribution in [-0.4, -0.2) is 29.9 Å². The lowest BCUT2D eigenvalue weighted by Gasteiger charge is -2.19. The SMILES string of the molecule is CC(N)C1CCN(C(=O)C2C3CCCC32)C1.Cl. The van der Waals surface area contributed by atoms with Crippen LogP contribution in [0.2, 0.25) is 0 Å². The van der Waals surface area contributed by atoms with E-state index in [1.807, 2.05) is 0 Å². The number of nitrogens with two attached hydrogens (primary N) is 1. The molecule has 0 aromatic heterocycles. The Labute approximate surface area is 110 Å². The Morgan fingerprint density at radius 3 is 2.47 bits per heavy atom. The van der Waals surface area contributed by atoms with Crippen LogP contribution in [0.4, 0.5) is 0 Å². The predicted molar refractivity (Wildman–Crippen MR) is 69.9 cm³/mol. The van der Waals surface area contributed by atoms with E-state index in [0.29, 0.717) is 17.7 Å². The molecule has 3 aliphatic rings. The quantitative estimate of drug-likeness (QED) is 0.819. The molecule has 0 radical (unpaired) electrons. The lowest BCUT2D eigenvalue weighted by molar-refractivity contribution is -0.132. The molecule has 4 atom stereocenters. The van der Waals surface area contributed by atoms with Crippen LogP contribution in [0, 0.1) is 23.7 Å². The van der Waals surface area contributed by atoms with E-state index in [1.165, 1.54) is 19.3 Å². The Hall–Kier alpha value is -0.280. The van der Waals surface area contributed by atoms with E-state index in [2.05, 4.69) is 11.8 Å². The summed E-state index contributed by atoms with van der Waals surface area (Å²) in [5.74, 6) is 2.88. The number of hydrogen-bond donors (Lipinski definition) is 1. The minimum absolute atomic E-state index is 0. The summed E-state index contributed by atoms with van der Waals surface area (Å²) in [7, 11) is 0. The molecule has 3 rings (SSSR count). The van der Waals surface area contributed by atoms with Gasteiger partial charge in [0.15, 0.2) is 0 Å². The lowest BCUT2D eigenvalue weighted by atomic mass is 10.0. The highest BCUT2D eigenvalue weighted by atomic mass is 35.5. The maximum Gasteiger partial charge on any atom is 0.226 e. The van der Waals surface area contributed by atoms with Gasteiger partial charge in [-0.3, -0.25) is 4.79 Å². The molecule has 4 heteroatoms. The summed E-state index contributed by atoms with van der Waals surface area (Å²) in [5, 5.41) is 0. The van der Waals surface area contributed by atoms with E-state index in [0.717, 1.165) is 31.3 Å². The molecule has 4 unspecified atom stereocenters. The van der Waals surface area contributed by atoms with E-state index < -0.39 is 0 Å². The number of halogens is 1. The summed E-state index contributed by atoms with van der Waals surface area (Å²) in [6.07, 6.45) is 5.05. The Kier molecular flexibility index (Phi) is 3.69. The Morgan fingerprint density at radius 1 is 1.29 bits per heavy atom. The normalized spacial score (nSPS) is 40.7. The van der Waals surface area contributed by atoms with Crippen molar-refractivity contribution in [3.05, 3.63) is 0 Å². The number of carbonyl (C=O) groups is 1. The van der Waals surface area contributed by atoms with Gasteiger partial charge in [-0.05, 0) is 43.9 Å². The standard InChI is InChI=1S/C13H22N2O.ClH/c1-8(14)9-5-6-15(7-9)13(16)12-10-3-2-4-11(10)12;/h8-12H,2-7,14H2,1H3;1H. The van der Waals surface area contributed by atoms with E-state index in [4.69, 9.17) is 5.73 Å². The van der Waals surface area contributed by atoms with E-state index >= 15 is 0 Å². The van der Waals surface area contributed by atoms with Crippen molar-refractivity contribution in [2.75, 3.05) is 13.1 Å². The number of nitrogens with zero attached hydrogens (tertiary/aromatic N) is 1. The monoisotopic (exact) mass is 258 g/mol. The minimum Gasteiger partial charge on any atom is -0.342 e. The number of carbonyl (C=O) groups excluding carboxylic acids is 1. The van der Waals surface area contributed by atoms with Crippen LogP contribution in [0.15, 0.2) is 0 Å². The van der Waals surface area contributed by atoms with Crippen LogP contribution in [-0.2, 0) is 4.79 Å². The van der Waals surface area contributed by atoms with Crippen molar-refractivity contribution in [2.24, 2.45) is 29.4 Å². The minimum atomic E-state index is 0. The summed E-state index contributed by atoms with van der Waals surface area (Å²) >= 11 is 0. The molecular formula is C13H23ClN2O. The first kappa shape index (κ1) is 13.2. The zero-order chi connectivity index (χ0) is 11.3. The second-order valence-electron chi connectivity index (χ2n) is 5.98. The van der Waals surface area contributed by atoms with Crippen LogP contribution >= 0.6 is 12.4 Å². The summed E-state index contributed by atoms with van der Waals surface area (Å²) in [5.41, 5.74) is 5.91. The smallest absolute Gasteiger partial charge is 0.226 e. The van der Waals surface area contributed by atoms with E-state index in [1.54, 1.807) is 0 Å². The van der Waals surface area contributed by atoms with Gasteiger partial charge in [-0.15, -0.1) is 12.4 Å². The molecule has 0 aromatic carbocycles. The zero-order valence-electron chi connectivity index (χ0n) is 10.5. The van der Waals surface area contributed by atoms with Crippen LogP contribution in [0.1, 0.15) is 32.6 Å².